The summed E-state index contributed by atoms with van der Waals surface area (Å²) in [5.41, 5.74) is 0. The Balaban J connectivity index is 2.23. The van der Waals surface area contributed by atoms with Crippen molar-refractivity contribution in [1.29, 1.82) is 0 Å². The molecule has 0 saturated carbocycles. The lowest BCUT2D eigenvalue weighted by Gasteiger charge is -2.24. The summed E-state index contributed by atoms with van der Waals surface area (Å²) in [7, 11) is 0. The van der Waals surface area contributed by atoms with Gasteiger partial charge in [0.15, 0.2) is 5.16 Å². The monoisotopic (exact) mass is 282 g/mol. The van der Waals surface area contributed by atoms with Gasteiger partial charge in [-0.2, -0.15) is 0 Å². The summed E-state index contributed by atoms with van der Waals surface area (Å²) >= 11 is 1.55. The summed E-state index contributed by atoms with van der Waals surface area (Å²) in [6, 6.07) is 2.19. The van der Waals surface area contributed by atoms with E-state index < -0.39 is 0 Å². The summed E-state index contributed by atoms with van der Waals surface area (Å²) in [6.07, 6.45) is 5.20. The van der Waals surface area contributed by atoms with Crippen molar-refractivity contribution < 1.29 is 5.11 Å². The summed E-state index contributed by atoms with van der Waals surface area (Å²) in [5.74, 6) is 1.80. The van der Waals surface area contributed by atoms with E-state index in [0.29, 0.717) is 0 Å². The second-order valence-electron chi connectivity index (χ2n) is 4.70. The highest BCUT2D eigenvalue weighted by atomic mass is 32.2. The first-order valence-corrected chi connectivity index (χ1v) is 8.05. The molecule has 0 radical (unpaired) electrons. The fourth-order valence-electron chi connectivity index (χ4n) is 2.32. The molecule has 1 saturated heterocycles. The predicted octanol–water partition coefficient (Wildman–Crippen LogP) is 1.98. The molecule has 1 aliphatic rings. The van der Waals surface area contributed by atoms with Gasteiger partial charge in [0, 0.05) is 19.2 Å². The number of aromatic nitrogens is 2. The number of nitrogens with zero attached hydrogens (tertiary/aromatic N) is 3. The topological polar surface area (TPSA) is 61.3 Å². The molecule has 1 atom stereocenters. The van der Waals surface area contributed by atoms with E-state index in [0.717, 1.165) is 49.1 Å². The molecule has 0 aromatic carbocycles. The van der Waals surface area contributed by atoms with E-state index >= 15 is 0 Å². The Labute approximate surface area is 118 Å². The smallest absolute Gasteiger partial charge is 0.191 e. The zero-order valence-electron chi connectivity index (χ0n) is 11.6. The Bertz CT molecular complexity index is 416. The van der Waals surface area contributed by atoms with Gasteiger partial charge in [-0.3, -0.25) is 0 Å². The molecule has 0 spiro atoms. The highest BCUT2D eigenvalue weighted by Gasteiger charge is 2.25. The van der Waals surface area contributed by atoms with E-state index in [2.05, 4.69) is 27.1 Å². The van der Waals surface area contributed by atoms with Crippen LogP contribution in [0.15, 0.2) is 11.2 Å². The van der Waals surface area contributed by atoms with Gasteiger partial charge >= 0.3 is 0 Å². The highest BCUT2D eigenvalue weighted by Crippen LogP contribution is 2.27. The van der Waals surface area contributed by atoms with Crippen LogP contribution in [0.1, 0.15) is 26.2 Å². The Kier molecular flexibility index (Phi) is 5.27. The van der Waals surface area contributed by atoms with Gasteiger partial charge in [-0.05, 0) is 25.5 Å². The molecular weight excluding hydrogens is 260 g/mol. The van der Waals surface area contributed by atoms with Gasteiger partial charge in [0.2, 0.25) is 0 Å². The fraction of sp³-hybridized carbons (Fsp3) is 0.692. The lowest BCUT2D eigenvalue weighted by Crippen LogP contribution is -2.33. The average molecular weight is 282 g/mol. The van der Waals surface area contributed by atoms with Crippen LogP contribution in [0.3, 0.4) is 0 Å². The van der Waals surface area contributed by atoms with Crippen LogP contribution >= 0.6 is 11.8 Å². The van der Waals surface area contributed by atoms with Crippen molar-refractivity contribution in [3.8, 4) is 0 Å². The van der Waals surface area contributed by atoms with Gasteiger partial charge in [0.05, 0.1) is 12.6 Å². The van der Waals surface area contributed by atoms with Crippen LogP contribution in [0.4, 0.5) is 11.6 Å². The van der Waals surface area contributed by atoms with E-state index in [1.165, 1.54) is 0 Å². The number of rotatable bonds is 6. The third-order valence-electron chi connectivity index (χ3n) is 3.31. The molecule has 106 valence electrons. The molecule has 1 aromatic heterocycles. The molecule has 0 amide bonds. The normalized spacial score (nSPS) is 18.9. The van der Waals surface area contributed by atoms with Crippen LogP contribution in [0.25, 0.3) is 0 Å². The van der Waals surface area contributed by atoms with Crippen molar-refractivity contribution in [3.05, 3.63) is 6.07 Å². The van der Waals surface area contributed by atoms with Crippen LogP contribution < -0.4 is 10.2 Å². The first kappa shape index (κ1) is 14.4. The maximum atomic E-state index is 9.43. The summed E-state index contributed by atoms with van der Waals surface area (Å²) in [4.78, 5) is 11.2. The third kappa shape index (κ3) is 3.51. The molecular formula is C13H22N4OS. The molecule has 6 heteroatoms. The fourth-order valence-corrected chi connectivity index (χ4v) is 2.70. The minimum atomic E-state index is 0.191. The number of anilines is 2. The molecule has 5 nitrogen and oxygen atoms in total. The number of hydrogen-bond donors (Lipinski definition) is 2. The van der Waals surface area contributed by atoms with Crippen molar-refractivity contribution in [1.82, 2.24) is 9.97 Å². The van der Waals surface area contributed by atoms with Crippen LogP contribution in [-0.4, -0.2) is 47.1 Å². The first-order chi connectivity index (χ1) is 9.28. The van der Waals surface area contributed by atoms with Gasteiger partial charge in [-0.15, -0.1) is 0 Å². The van der Waals surface area contributed by atoms with Crippen molar-refractivity contribution in [2.45, 2.75) is 37.4 Å². The molecule has 0 aliphatic carbocycles. The van der Waals surface area contributed by atoms with Gasteiger partial charge in [-0.25, -0.2) is 9.97 Å². The van der Waals surface area contributed by atoms with E-state index in [4.69, 9.17) is 0 Å². The van der Waals surface area contributed by atoms with Gasteiger partial charge in [-0.1, -0.05) is 18.7 Å². The molecule has 2 heterocycles. The Morgan fingerprint density at radius 3 is 3.05 bits per heavy atom. The van der Waals surface area contributed by atoms with Crippen molar-refractivity contribution >= 4 is 23.4 Å². The number of nitrogens with one attached hydrogen (secondary N) is 1. The second-order valence-corrected chi connectivity index (χ2v) is 5.47. The van der Waals surface area contributed by atoms with Crippen LogP contribution in [0.2, 0.25) is 0 Å². The second kappa shape index (κ2) is 6.96. The van der Waals surface area contributed by atoms with E-state index in [9.17, 15) is 5.11 Å². The largest absolute Gasteiger partial charge is 0.394 e. The maximum Gasteiger partial charge on any atom is 0.191 e. The van der Waals surface area contributed by atoms with Gasteiger partial charge < -0.3 is 15.3 Å². The Morgan fingerprint density at radius 1 is 1.53 bits per heavy atom. The van der Waals surface area contributed by atoms with Crippen molar-refractivity contribution in [3.63, 3.8) is 0 Å². The summed E-state index contributed by atoms with van der Waals surface area (Å²) < 4.78 is 0. The molecule has 1 unspecified atom stereocenters. The molecule has 1 aromatic rings. The first-order valence-electron chi connectivity index (χ1n) is 6.83. The zero-order chi connectivity index (χ0) is 13.7. The minimum absolute atomic E-state index is 0.191. The minimum Gasteiger partial charge on any atom is -0.394 e. The van der Waals surface area contributed by atoms with E-state index in [-0.39, 0.29) is 12.6 Å². The van der Waals surface area contributed by atoms with Crippen molar-refractivity contribution in [2.24, 2.45) is 0 Å². The lowest BCUT2D eigenvalue weighted by atomic mass is 10.2. The molecule has 0 bridgehead atoms. The third-order valence-corrected chi connectivity index (χ3v) is 3.86. The van der Waals surface area contributed by atoms with Crippen LogP contribution in [0, 0.1) is 0 Å². The zero-order valence-corrected chi connectivity index (χ0v) is 12.4. The van der Waals surface area contributed by atoms with Crippen LogP contribution in [0.5, 0.6) is 0 Å². The standard InChI is InChI=1S/C13H22N4OS/c1-3-6-14-11-8-12(16-13(15-11)19-2)17-7-4-5-10(17)9-18/h8,10,18H,3-7,9H2,1-2H3,(H,14,15,16). The van der Waals surface area contributed by atoms with E-state index in [1.54, 1.807) is 11.8 Å². The highest BCUT2D eigenvalue weighted by molar-refractivity contribution is 7.98. The molecule has 2 rings (SSSR count). The van der Waals surface area contributed by atoms with Crippen molar-refractivity contribution in [2.75, 3.05) is 36.2 Å². The van der Waals surface area contributed by atoms with Gasteiger partial charge in [0.25, 0.3) is 0 Å². The van der Waals surface area contributed by atoms with Crippen LogP contribution in [-0.2, 0) is 0 Å². The number of aliphatic hydroxyl groups excluding tert-OH is 1. The molecule has 19 heavy (non-hydrogen) atoms. The number of hydrogen-bond acceptors (Lipinski definition) is 6. The molecule has 1 aliphatic heterocycles. The maximum absolute atomic E-state index is 9.43. The molecule has 2 N–H and O–H groups in total. The SMILES string of the molecule is CCCNc1cc(N2CCCC2CO)nc(SC)n1. The molecule has 1 fully saturated rings. The Hall–Kier alpha value is -1.01. The number of thioether (sulfide) groups is 1. The van der Waals surface area contributed by atoms with E-state index in [1.807, 2.05) is 12.3 Å². The quantitative estimate of drug-likeness (QED) is 0.614. The average Bonchev–Trinajstić information content (AvgIpc) is 2.93. The van der Waals surface area contributed by atoms with Gasteiger partial charge in [0.1, 0.15) is 11.6 Å². The predicted molar refractivity (Wildman–Crippen MR) is 80.0 cm³/mol. The number of aliphatic hydroxyl groups is 1. The summed E-state index contributed by atoms with van der Waals surface area (Å²) in [5, 5.41) is 13.5. The lowest BCUT2D eigenvalue weighted by molar-refractivity contribution is 0.266. The summed E-state index contributed by atoms with van der Waals surface area (Å²) in [6.45, 7) is 4.19. The Morgan fingerprint density at radius 2 is 2.37 bits per heavy atom.